The molecule has 1 aliphatic carbocycles. The molecule has 1 aliphatic heterocycles. The fourth-order valence-corrected chi connectivity index (χ4v) is 3.92. The van der Waals surface area contributed by atoms with E-state index in [4.69, 9.17) is 19.7 Å². The molecule has 5 nitrogen and oxygen atoms in total. The van der Waals surface area contributed by atoms with Crippen LogP contribution >= 0.6 is 0 Å². The van der Waals surface area contributed by atoms with Crippen LogP contribution in [-0.2, 0) is 11.2 Å². The zero-order valence-corrected chi connectivity index (χ0v) is 14.9. The average molecular weight is 353 g/mol. The lowest BCUT2D eigenvalue weighted by atomic mass is 9.91. The summed E-state index contributed by atoms with van der Waals surface area (Å²) < 4.78 is 46.0. The molecule has 1 saturated carbocycles. The Morgan fingerprint density at radius 3 is 2.88 bits per heavy atom. The molecule has 3 rings (SSSR count). The third kappa shape index (κ3) is 4.66. The maximum atomic E-state index is 9.98. The number of methoxy groups -OCH3 is 2. The van der Waals surface area contributed by atoms with E-state index in [1.165, 1.54) is 7.11 Å². The Balaban J connectivity index is 1.55. The predicted molar refractivity (Wildman–Crippen MR) is 97.4 cm³/mol. The summed E-state index contributed by atoms with van der Waals surface area (Å²) in [4.78, 5) is 2.21. The van der Waals surface area contributed by atoms with Crippen molar-refractivity contribution in [2.45, 2.75) is 56.8 Å². The molecule has 1 aromatic rings. The molecule has 1 aromatic carbocycles. The number of hydrogen-bond donors (Lipinski definition) is 1. The Morgan fingerprint density at radius 1 is 1.24 bits per heavy atom. The first-order chi connectivity index (χ1) is 13.7. The van der Waals surface area contributed by atoms with Gasteiger partial charge in [0.25, 0.3) is 0 Å². The van der Waals surface area contributed by atoms with Gasteiger partial charge in [0.15, 0.2) is 11.5 Å². The molecular weight excluding hydrogens is 318 g/mol. The lowest BCUT2D eigenvalue weighted by molar-refractivity contribution is -0.0316. The van der Waals surface area contributed by atoms with Crippen molar-refractivity contribution in [2.75, 3.05) is 33.8 Å². The van der Waals surface area contributed by atoms with Crippen LogP contribution in [0.5, 0.6) is 11.5 Å². The summed E-state index contributed by atoms with van der Waals surface area (Å²) >= 11 is 0. The topological polar surface area (TPSA) is 51.2 Å². The zero-order valence-electron chi connectivity index (χ0n) is 18.9. The van der Waals surface area contributed by atoms with Crippen molar-refractivity contribution in [1.82, 2.24) is 4.90 Å². The fraction of sp³-hybridized carbons (Fsp3) is 0.700. The Kier molecular flexibility index (Phi) is 4.92. The van der Waals surface area contributed by atoms with Crippen molar-refractivity contribution in [3.8, 4) is 11.5 Å². The van der Waals surface area contributed by atoms with Crippen LogP contribution in [0, 0.1) is 0 Å². The van der Waals surface area contributed by atoms with E-state index < -0.39 is 13.1 Å². The van der Waals surface area contributed by atoms with Crippen molar-refractivity contribution in [2.24, 2.45) is 0 Å². The number of nitrogens with zero attached hydrogens (tertiary/aromatic N) is 1. The number of rotatable bonds is 7. The highest BCUT2D eigenvalue weighted by atomic mass is 16.5. The molecule has 0 unspecified atom stereocenters. The quantitative estimate of drug-likeness (QED) is 0.817. The van der Waals surface area contributed by atoms with Crippen molar-refractivity contribution >= 4 is 0 Å². The summed E-state index contributed by atoms with van der Waals surface area (Å²) in [7, 11) is -1.03. The lowest BCUT2D eigenvalue weighted by Crippen LogP contribution is -2.46. The van der Waals surface area contributed by atoms with Gasteiger partial charge in [-0.25, -0.2) is 0 Å². The monoisotopic (exact) mass is 353 g/mol. The van der Waals surface area contributed by atoms with E-state index >= 15 is 0 Å². The second-order valence-corrected chi connectivity index (χ2v) is 6.89. The van der Waals surface area contributed by atoms with E-state index in [-0.39, 0.29) is 17.9 Å². The molecule has 5 heteroatoms. The Morgan fingerprint density at radius 2 is 2.12 bits per heavy atom. The van der Waals surface area contributed by atoms with Crippen LogP contribution in [0.3, 0.4) is 0 Å². The van der Waals surface area contributed by atoms with Gasteiger partial charge in [0.1, 0.15) is 0 Å². The number of benzene rings is 1. The van der Waals surface area contributed by atoms with Crippen LogP contribution in [0.2, 0.25) is 0 Å². The SMILES string of the molecule is [2H]C([2H])([2H])Oc1ccc(CCO[C@@H]2CCCC[C@H]2N2CC[C@@]([2H])(O)C2)cc1OC. The van der Waals surface area contributed by atoms with Crippen LogP contribution in [0.15, 0.2) is 18.2 Å². The summed E-state index contributed by atoms with van der Waals surface area (Å²) in [5.41, 5.74) is 0.980. The van der Waals surface area contributed by atoms with Gasteiger partial charge in [-0.15, -0.1) is 0 Å². The summed E-state index contributed by atoms with van der Waals surface area (Å²) in [6.45, 7) is 1.68. The molecular formula is C20H31NO4. The smallest absolute Gasteiger partial charge is 0.160 e. The van der Waals surface area contributed by atoms with Gasteiger partial charge >= 0.3 is 0 Å². The van der Waals surface area contributed by atoms with Crippen molar-refractivity contribution in [3.05, 3.63) is 23.8 Å². The number of ether oxygens (including phenoxy) is 3. The molecule has 0 aromatic heterocycles. The third-order valence-electron chi connectivity index (χ3n) is 5.27. The molecule has 1 N–H and O–H groups in total. The highest BCUT2D eigenvalue weighted by Gasteiger charge is 2.34. The van der Waals surface area contributed by atoms with Crippen molar-refractivity contribution < 1.29 is 24.8 Å². The highest BCUT2D eigenvalue weighted by Crippen LogP contribution is 2.30. The van der Waals surface area contributed by atoms with Crippen LogP contribution in [0.1, 0.15) is 43.2 Å². The van der Waals surface area contributed by atoms with Crippen LogP contribution in [0.25, 0.3) is 0 Å². The molecule has 2 fully saturated rings. The molecule has 140 valence electrons. The van der Waals surface area contributed by atoms with E-state index in [0.29, 0.717) is 31.7 Å². The van der Waals surface area contributed by atoms with E-state index in [2.05, 4.69) is 4.90 Å². The van der Waals surface area contributed by atoms with Crippen molar-refractivity contribution in [3.63, 3.8) is 0 Å². The minimum absolute atomic E-state index is 0.109. The predicted octanol–water partition coefficient (Wildman–Crippen LogP) is 2.64. The second kappa shape index (κ2) is 8.88. The van der Waals surface area contributed by atoms with E-state index in [1.807, 2.05) is 6.07 Å². The molecule has 0 spiro atoms. The Bertz CT molecular complexity index is 683. The Hall–Kier alpha value is -1.30. The summed E-state index contributed by atoms with van der Waals surface area (Å²) in [5, 5.41) is 9.98. The van der Waals surface area contributed by atoms with E-state index in [1.54, 1.807) is 12.1 Å². The first-order valence-corrected chi connectivity index (χ1v) is 9.11. The molecule has 2 aliphatic rings. The normalized spacial score (nSPS) is 33.2. The maximum absolute atomic E-state index is 9.98. The zero-order chi connectivity index (χ0) is 21.1. The first kappa shape index (κ1) is 13.8. The number of hydrogen-bond acceptors (Lipinski definition) is 5. The largest absolute Gasteiger partial charge is 0.493 e. The van der Waals surface area contributed by atoms with Gasteiger partial charge in [-0.1, -0.05) is 18.9 Å². The summed E-state index contributed by atoms with van der Waals surface area (Å²) in [5.74, 6) is 0.586. The fourth-order valence-electron chi connectivity index (χ4n) is 3.92. The molecule has 1 heterocycles. The minimum atomic E-state index is -2.52. The number of likely N-dealkylation sites (tertiary alicyclic amines) is 1. The molecule has 25 heavy (non-hydrogen) atoms. The Labute approximate surface area is 156 Å². The van der Waals surface area contributed by atoms with Gasteiger partial charge in [0.05, 0.1) is 38.4 Å². The highest BCUT2D eigenvalue weighted by molar-refractivity contribution is 5.42. The van der Waals surface area contributed by atoms with Gasteiger partial charge in [-0.2, -0.15) is 0 Å². The lowest BCUT2D eigenvalue weighted by Gasteiger charge is -2.37. The van der Waals surface area contributed by atoms with E-state index in [0.717, 1.165) is 37.8 Å². The molecule has 0 radical (unpaired) electrons. The van der Waals surface area contributed by atoms with Gasteiger partial charge in [-0.3, -0.25) is 4.90 Å². The number of aliphatic hydroxyl groups is 1. The maximum Gasteiger partial charge on any atom is 0.160 e. The summed E-state index contributed by atoms with van der Waals surface area (Å²) in [6.07, 6.45) is 4.25. The molecule has 0 bridgehead atoms. The van der Waals surface area contributed by atoms with Crippen LogP contribution in [-0.4, -0.2) is 62.1 Å². The van der Waals surface area contributed by atoms with Gasteiger partial charge in [-0.05, 0) is 43.4 Å². The van der Waals surface area contributed by atoms with E-state index in [9.17, 15) is 5.11 Å². The minimum Gasteiger partial charge on any atom is -0.493 e. The first-order valence-electron chi connectivity index (χ1n) is 11.1. The standard InChI is InChI=1S/C20H31NO4/c1-23-19-8-7-15(13-20(19)24-2)10-12-25-18-6-4-3-5-17(18)21-11-9-16(22)14-21/h7-8,13,16-18,22H,3-6,9-12,14H2,1-2H3/t16-,17-,18-/m1/s1/i1D3,16D. The van der Waals surface area contributed by atoms with Crippen LogP contribution < -0.4 is 9.47 Å². The second-order valence-electron chi connectivity index (χ2n) is 6.89. The third-order valence-corrected chi connectivity index (χ3v) is 5.27. The van der Waals surface area contributed by atoms with Crippen LogP contribution in [0.4, 0.5) is 0 Å². The molecule has 1 saturated heterocycles. The molecule has 3 atom stereocenters. The van der Waals surface area contributed by atoms with Gasteiger partial charge in [0.2, 0.25) is 0 Å². The number of β-amino-alcohol motifs (C(OH)–C–C–N with tert-alkyl or cyclic N) is 1. The molecule has 0 amide bonds. The van der Waals surface area contributed by atoms with Gasteiger partial charge < -0.3 is 19.3 Å². The van der Waals surface area contributed by atoms with Crippen molar-refractivity contribution in [1.29, 1.82) is 0 Å². The average Bonchev–Trinajstić information content (AvgIpc) is 3.01. The summed E-state index contributed by atoms with van der Waals surface area (Å²) in [6, 6.07) is 5.48. The van der Waals surface area contributed by atoms with Gasteiger partial charge in [0, 0.05) is 19.1 Å².